The van der Waals surface area contributed by atoms with Crippen molar-refractivity contribution in [2.75, 3.05) is 0 Å². The van der Waals surface area contributed by atoms with E-state index in [-0.39, 0.29) is 14.3 Å². The SMILES string of the molecule is C.OO.[H+].[OH-]. The molecule has 0 spiro atoms. The zero-order valence-corrected chi connectivity index (χ0v) is 1.34. The van der Waals surface area contributed by atoms with Crippen molar-refractivity contribution in [3.8, 4) is 0 Å². The van der Waals surface area contributed by atoms with Crippen LogP contribution in [0, 0.1) is 0 Å². The second-order valence-corrected chi connectivity index (χ2v) is 0. The Balaban J connectivity index is -0.00000000167. The highest BCUT2D eigenvalue weighted by molar-refractivity contribution is 2.50. The molecule has 0 aliphatic rings. The molecule has 0 atom stereocenters. The summed E-state index contributed by atoms with van der Waals surface area (Å²) in [5.74, 6) is 0. The fraction of sp³-hybridized carbons (Fsp3) is 1.00. The minimum absolute atomic E-state index is 0. The normalized spacial score (nSPS) is 1.50. The van der Waals surface area contributed by atoms with Crippen molar-refractivity contribution in [3.05, 3.63) is 0 Å². The summed E-state index contributed by atoms with van der Waals surface area (Å²) >= 11 is 0. The Hall–Kier alpha value is -0.120. The molecule has 3 nitrogen and oxygen atoms in total. The van der Waals surface area contributed by atoms with Gasteiger partial charge in [0.25, 0.3) is 0 Å². The van der Waals surface area contributed by atoms with E-state index in [0.717, 1.165) is 0 Å². The van der Waals surface area contributed by atoms with Gasteiger partial charge >= 0.3 is 1.43 Å². The van der Waals surface area contributed by atoms with E-state index in [2.05, 4.69) is 0 Å². The lowest BCUT2D eigenvalue weighted by molar-refractivity contribution is -0.176. The fourth-order valence-corrected chi connectivity index (χ4v) is 0. The van der Waals surface area contributed by atoms with Crippen LogP contribution in [0.3, 0.4) is 0 Å². The molecule has 30 valence electrons. The predicted molar refractivity (Wildman–Crippen MR) is 15.0 cm³/mol. The summed E-state index contributed by atoms with van der Waals surface area (Å²) in [7, 11) is 0. The van der Waals surface area contributed by atoms with Crippen LogP contribution in [0.15, 0.2) is 0 Å². The molecule has 4 heavy (non-hydrogen) atoms. The lowest BCUT2D eigenvalue weighted by Crippen LogP contribution is -1.29. The van der Waals surface area contributed by atoms with E-state index in [1.165, 1.54) is 0 Å². The molecule has 0 aromatic carbocycles. The van der Waals surface area contributed by atoms with Crippen molar-refractivity contribution in [3.63, 3.8) is 0 Å². The Bertz CT molecular complexity index is 6.85. The maximum absolute atomic E-state index is 6.00. The third-order valence-electron chi connectivity index (χ3n) is 0. The van der Waals surface area contributed by atoms with E-state index in [9.17, 15) is 0 Å². The van der Waals surface area contributed by atoms with Gasteiger partial charge in [0.05, 0.1) is 0 Å². The molecule has 0 aromatic rings. The van der Waals surface area contributed by atoms with Gasteiger partial charge in [-0.2, -0.15) is 0 Å². The topological polar surface area (TPSA) is 70.5 Å². The van der Waals surface area contributed by atoms with Gasteiger partial charge < -0.3 is 5.48 Å². The smallest absolute Gasteiger partial charge is 0.870 e. The van der Waals surface area contributed by atoms with Crippen LogP contribution < -0.4 is 0 Å². The van der Waals surface area contributed by atoms with Crippen LogP contribution in [-0.4, -0.2) is 16.0 Å². The highest BCUT2D eigenvalue weighted by atomic mass is 17.0. The Morgan fingerprint density at radius 1 is 1.25 bits per heavy atom. The van der Waals surface area contributed by atoms with Crippen LogP contribution in [0.1, 0.15) is 8.85 Å². The van der Waals surface area contributed by atoms with Gasteiger partial charge in [-0.15, -0.1) is 0 Å². The Kier molecular flexibility index (Phi) is 7340. The first-order valence-electron chi connectivity index (χ1n) is 0.200. The first-order chi connectivity index (χ1) is 1.00. The maximum Gasteiger partial charge on any atom is 1.00 e. The summed E-state index contributed by atoms with van der Waals surface area (Å²) in [5.41, 5.74) is 0. The van der Waals surface area contributed by atoms with Gasteiger partial charge in [0, 0.05) is 0 Å². The fourth-order valence-electron chi connectivity index (χ4n) is 0. The molecule has 0 unspecified atom stereocenters. The molecule has 0 fully saturated rings. The largest absolute Gasteiger partial charge is 1.00 e. The van der Waals surface area contributed by atoms with Crippen molar-refractivity contribution in [1.82, 2.24) is 0 Å². The lowest BCUT2D eigenvalue weighted by atomic mass is 12.0. The molecule has 0 aliphatic carbocycles. The van der Waals surface area contributed by atoms with Gasteiger partial charge in [-0.3, -0.25) is 10.5 Å². The highest BCUT2D eigenvalue weighted by Gasteiger charge is 0.745. The molecule has 0 aliphatic heterocycles. The molecule has 0 radical (unpaired) electrons. The molecule has 3 heteroatoms. The molecule has 0 aromatic heterocycles. The quantitative estimate of drug-likeness (QED) is 0.322. The van der Waals surface area contributed by atoms with Crippen molar-refractivity contribution in [2.24, 2.45) is 0 Å². The number of hydrogen-bond acceptors (Lipinski definition) is 3. The maximum atomic E-state index is 6.00. The minimum atomic E-state index is 0. The monoisotopic (exact) mass is 68.0 g/mol. The summed E-state index contributed by atoms with van der Waals surface area (Å²) in [6.07, 6.45) is 0. The Morgan fingerprint density at radius 2 is 1.25 bits per heavy atom. The van der Waals surface area contributed by atoms with E-state index in [1.807, 2.05) is 0 Å². The van der Waals surface area contributed by atoms with Crippen LogP contribution in [-0.2, 0) is 0 Å². The van der Waals surface area contributed by atoms with E-state index in [4.69, 9.17) is 10.5 Å². The average Bonchev–Trinajstić information content (AvgIpc) is 1.00. The Morgan fingerprint density at radius 3 is 1.25 bits per heavy atom. The number of hydrogen-bond donors (Lipinski definition) is 2. The Labute approximate surface area is 26.2 Å². The summed E-state index contributed by atoms with van der Waals surface area (Å²) in [5, 5.41) is 12.0. The van der Waals surface area contributed by atoms with Crippen LogP contribution >= 0.6 is 0 Å². The van der Waals surface area contributed by atoms with Gasteiger partial charge in [-0.05, 0) is 0 Å². The molecular formula is CH8O3. The molecule has 0 bridgehead atoms. The van der Waals surface area contributed by atoms with E-state index in [1.54, 1.807) is 0 Å². The molecule has 0 heterocycles. The van der Waals surface area contributed by atoms with Crippen LogP contribution in [0.5, 0.6) is 0 Å². The van der Waals surface area contributed by atoms with E-state index < -0.39 is 0 Å². The van der Waals surface area contributed by atoms with Crippen LogP contribution in [0.25, 0.3) is 0 Å². The van der Waals surface area contributed by atoms with Crippen LogP contribution in [0.2, 0.25) is 0 Å². The predicted octanol–water partition coefficient (Wildman–Crippen LogP) is 0.589. The van der Waals surface area contributed by atoms with Crippen LogP contribution in [0.4, 0.5) is 0 Å². The van der Waals surface area contributed by atoms with E-state index in [0.29, 0.717) is 0 Å². The minimum Gasteiger partial charge on any atom is -0.870 e. The summed E-state index contributed by atoms with van der Waals surface area (Å²) in [4.78, 5) is 0. The average molecular weight is 68.1 g/mol. The number of rotatable bonds is 0. The zero-order valence-electron chi connectivity index (χ0n) is 2.34. The molecule has 3 N–H and O–H groups in total. The third-order valence-corrected chi connectivity index (χ3v) is 0. The van der Waals surface area contributed by atoms with Gasteiger partial charge in [0.15, 0.2) is 0 Å². The standard InChI is InChI=1S/CH4.H2O2.H2O/c;1-2;/h1H4;1-2H;1H2. The second-order valence-electron chi connectivity index (χ2n) is 0. The van der Waals surface area contributed by atoms with Gasteiger partial charge in [0.2, 0.25) is 0 Å². The molecule has 0 saturated heterocycles. The molecule has 0 amide bonds. The molecular weight excluding hydrogens is 60.0 g/mol. The van der Waals surface area contributed by atoms with Crippen molar-refractivity contribution < 1.29 is 17.4 Å². The summed E-state index contributed by atoms with van der Waals surface area (Å²) in [6.45, 7) is 0. The summed E-state index contributed by atoms with van der Waals surface area (Å²) in [6, 6.07) is 0. The third kappa shape index (κ3) is 101. The lowest BCUT2D eigenvalue weighted by Gasteiger charge is -1.25. The van der Waals surface area contributed by atoms with Crippen molar-refractivity contribution >= 4 is 0 Å². The first kappa shape index (κ1) is 41.6. The molecule has 0 rings (SSSR count). The first-order valence-corrected chi connectivity index (χ1v) is 0.200. The zero-order chi connectivity index (χ0) is 2.00. The van der Waals surface area contributed by atoms with Gasteiger partial charge in [0.1, 0.15) is 0 Å². The van der Waals surface area contributed by atoms with Crippen molar-refractivity contribution in [1.29, 1.82) is 0 Å². The second kappa shape index (κ2) is 707. The molecule has 0 saturated carbocycles. The van der Waals surface area contributed by atoms with Gasteiger partial charge in [-0.25, -0.2) is 0 Å². The highest BCUT2D eigenvalue weighted by Crippen LogP contribution is 0.711. The summed E-state index contributed by atoms with van der Waals surface area (Å²) < 4.78 is 0. The van der Waals surface area contributed by atoms with Crippen molar-refractivity contribution in [2.45, 2.75) is 7.43 Å². The van der Waals surface area contributed by atoms with E-state index >= 15 is 0 Å². The van der Waals surface area contributed by atoms with Gasteiger partial charge in [-0.1, -0.05) is 7.43 Å².